The Morgan fingerprint density at radius 2 is 1.78 bits per heavy atom. The fraction of sp³-hybridized carbons (Fsp3) is 0.143. The minimum atomic E-state index is -4.07. The quantitative estimate of drug-likeness (QED) is 0.786. The molecule has 2 rings (SSSR count). The maximum Gasteiger partial charge on any atom is 0.263 e. The maximum absolute atomic E-state index is 13.9. The third-order valence-corrected chi connectivity index (χ3v) is 5.54. The molecule has 0 aliphatic carbocycles. The Balaban J connectivity index is 2.50. The predicted octanol–water partition coefficient (Wildman–Crippen LogP) is 4.06. The fourth-order valence-electron chi connectivity index (χ4n) is 1.82. The van der Waals surface area contributed by atoms with Crippen LogP contribution in [-0.4, -0.2) is 22.6 Å². The molecule has 0 saturated carbocycles. The maximum atomic E-state index is 13.9. The summed E-state index contributed by atoms with van der Waals surface area (Å²) in [5, 5.41) is -0.184. The molecule has 124 valence electrons. The smallest absolute Gasteiger partial charge is 0.263 e. The van der Waals surface area contributed by atoms with Crippen molar-refractivity contribution in [1.82, 2.24) is 0 Å². The van der Waals surface area contributed by atoms with Crippen LogP contribution in [0, 0.1) is 5.82 Å². The second kappa shape index (κ2) is 6.94. The van der Waals surface area contributed by atoms with Crippen LogP contribution < -0.4 is 14.2 Å². The van der Waals surface area contributed by atoms with Gasteiger partial charge in [0.25, 0.3) is 10.0 Å². The lowest BCUT2D eigenvalue weighted by atomic mass is 10.3. The Morgan fingerprint density at radius 3 is 2.39 bits per heavy atom. The molecule has 23 heavy (non-hydrogen) atoms. The summed E-state index contributed by atoms with van der Waals surface area (Å²) in [6.45, 7) is 0. The summed E-state index contributed by atoms with van der Waals surface area (Å²) in [4.78, 5) is -0.130. The van der Waals surface area contributed by atoms with Crippen LogP contribution in [0.1, 0.15) is 0 Å². The fourth-order valence-corrected chi connectivity index (χ4v) is 4.09. The van der Waals surface area contributed by atoms with Crippen LogP contribution in [0.3, 0.4) is 0 Å². The number of halogens is 3. The van der Waals surface area contributed by atoms with Crippen LogP contribution in [0.2, 0.25) is 5.02 Å². The molecule has 0 fully saturated rings. The molecule has 5 nitrogen and oxygen atoms in total. The highest BCUT2D eigenvalue weighted by molar-refractivity contribution is 9.10. The molecule has 2 aromatic rings. The van der Waals surface area contributed by atoms with Gasteiger partial charge in [-0.05, 0) is 34.1 Å². The largest absolute Gasteiger partial charge is 0.493 e. The molecule has 0 heterocycles. The van der Waals surface area contributed by atoms with Crippen molar-refractivity contribution in [1.29, 1.82) is 0 Å². The van der Waals surface area contributed by atoms with E-state index in [2.05, 4.69) is 20.7 Å². The van der Waals surface area contributed by atoms with Gasteiger partial charge >= 0.3 is 0 Å². The van der Waals surface area contributed by atoms with E-state index in [0.717, 1.165) is 0 Å². The molecule has 0 bridgehead atoms. The van der Waals surface area contributed by atoms with Gasteiger partial charge in [0.05, 0.1) is 24.9 Å². The lowest BCUT2D eigenvalue weighted by Gasteiger charge is -2.14. The zero-order valence-electron chi connectivity index (χ0n) is 12.1. The minimum absolute atomic E-state index is 0.130. The van der Waals surface area contributed by atoms with E-state index in [1.807, 2.05) is 0 Å². The van der Waals surface area contributed by atoms with Gasteiger partial charge < -0.3 is 9.47 Å². The molecular formula is C14H12BrClFNO4S. The number of nitrogens with one attached hydrogen (secondary N) is 1. The number of ether oxygens (including phenoxy) is 2. The van der Waals surface area contributed by atoms with Gasteiger partial charge in [-0.15, -0.1) is 0 Å². The molecule has 0 radical (unpaired) electrons. The molecule has 1 N–H and O–H groups in total. The highest BCUT2D eigenvalue weighted by Gasteiger charge is 2.23. The number of hydrogen-bond acceptors (Lipinski definition) is 4. The molecular weight excluding hydrogens is 413 g/mol. The number of hydrogen-bond donors (Lipinski definition) is 1. The van der Waals surface area contributed by atoms with E-state index >= 15 is 0 Å². The first-order valence-corrected chi connectivity index (χ1v) is 8.84. The lowest BCUT2D eigenvalue weighted by molar-refractivity contribution is 0.353. The van der Waals surface area contributed by atoms with Crippen molar-refractivity contribution in [3.63, 3.8) is 0 Å². The minimum Gasteiger partial charge on any atom is -0.493 e. The summed E-state index contributed by atoms with van der Waals surface area (Å²) in [5.41, 5.74) is -0.251. The highest BCUT2D eigenvalue weighted by Crippen LogP contribution is 2.36. The number of rotatable bonds is 5. The first-order valence-electron chi connectivity index (χ1n) is 6.18. The van der Waals surface area contributed by atoms with E-state index in [0.29, 0.717) is 5.75 Å². The van der Waals surface area contributed by atoms with Crippen molar-refractivity contribution >= 4 is 43.2 Å². The van der Waals surface area contributed by atoms with Crippen LogP contribution in [0.25, 0.3) is 0 Å². The first-order chi connectivity index (χ1) is 10.8. The lowest BCUT2D eigenvalue weighted by Crippen LogP contribution is -2.15. The van der Waals surface area contributed by atoms with Crippen LogP contribution in [-0.2, 0) is 10.0 Å². The number of sulfonamides is 1. The van der Waals surface area contributed by atoms with Gasteiger partial charge in [-0.2, -0.15) is 0 Å². The Morgan fingerprint density at radius 1 is 1.17 bits per heavy atom. The van der Waals surface area contributed by atoms with Crippen molar-refractivity contribution < 1.29 is 22.3 Å². The van der Waals surface area contributed by atoms with Gasteiger partial charge in [0.2, 0.25) is 0 Å². The Kier molecular flexibility index (Phi) is 5.38. The molecule has 0 saturated heterocycles. The average molecular weight is 425 g/mol. The van der Waals surface area contributed by atoms with Crippen LogP contribution in [0.5, 0.6) is 11.5 Å². The van der Waals surface area contributed by atoms with Crippen molar-refractivity contribution in [3.8, 4) is 11.5 Å². The molecule has 0 aromatic heterocycles. The second-order valence-corrected chi connectivity index (χ2v) is 7.26. The van der Waals surface area contributed by atoms with Gasteiger partial charge in [-0.3, -0.25) is 4.72 Å². The topological polar surface area (TPSA) is 64.6 Å². The van der Waals surface area contributed by atoms with Crippen LogP contribution in [0.4, 0.5) is 10.1 Å². The number of methoxy groups -OCH3 is 2. The number of benzene rings is 2. The van der Waals surface area contributed by atoms with Crippen molar-refractivity contribution in [3.05, 3.63) is 45.6 Å². The normalized spacial score (nSPS) is 11.2. The Hall–Kier alpha value is -1.51. The highest BCUT2D eigenvalue weighted by atomic mass is 79.9. The van der Waals surface area contributed by atoms with E-state index < -0.39 is 15.8 Å². The SMILES string of the molecule is COc1cc(Br)c(S(=O)(=O)Nc2cccc(Cl)c2F)cc1OC. The summed E-state index contributed by atoms with van der Waals surface area (Å²) in [6.07, 6.45) is 0. The molecule has 0 unspecified atom stereocenters. The average Bonchev–Trinajstić information content (AvgIpc) is 2.51. The van der Waals surface area contributed by atoms with Gasteiger partial charge in [0.1, 0.15) is 4.90 Å². The molecule has 9 heteroatoms. The summed E-state index contributed by atoms with van der Waals surface area (Å²) >= 11 is 8.81. The van der Waals surface area contributed by atoms with Gasteiger partial charge in [0, 0.05) is 10.5 Å². The third kappa shape index (κ3) is 3.70. The van der Waals surface area contributed by atoms with E-state index in [4.69, 9.17) is 21.1 Å². The van der Waals surface area contributed by atoms with E-state index in [-0.39, 0.29) is 25.8 Å². The monoisotopic (exact) mass is 423 g/mol. The first kappa shape index (κ1) is 17.8. The summed E-state index contributed by atoms with van der Waals surface area (Å²) in [6, 6.07) is 6.75. The number of anilines is 1. The summed E-state index contributed by atoms with van der Waals surface area (Å²) in [7, 11) is -1.26. The molecule has 0 aliphatic rings. The third-order valence-electron chi connectivity index (χ3n) is 2.92. The van der Waals surface area contributed by atoms with Gasteiger partial charge in [-0.1, -0.05) is 17.7 Å². The molecule has 2 aromatic carbocycles. The molecule has 0 aliphatic heterocycles. The Labute approximate surface area is 146 Å². The van der Waals surface area contributed by atoms with E-state index in [1.54, 1.807) is 0 Å². The summed E-state index contributed by atoms with van der Waals surface area (Å²) in [5.74, 6) is -0.274. The van der Waals surface area contributed by atoms with Crippen molar-refractivity contribution in [2.24, 2.45) is 0 Å². The van der Waals surface area contributed by atoms with Crippen molar-refractivity contribution in [2.75, 3.05) is 18.9 Å². The zero-order chi connectivity index (χ0) is 17.2. The van der Waals surface area contributed by atoms with E-state index in [9.17, 15) is 12.8 Å². The second-order valence-electron chi connectivity index (χ2n) is 4.34. The van der Waals surface area contributed by atoms with Gasteiger partial charge in [-0.25, -0.2) is 12.8 Å². The summed E-state index contributed by atoms with van der Waals surface area (Å²) < 4.78 is 51.5. The predicted molar refractivity (Wildman–Crippen MR) is 89.5 cm³/mol. The Bertz CT molecular complexity index is 845. The standard InChI is InChI=1S/C14H12BrClFNO4S/c1-21-11-6-8(15)13(7-12(11)22-2)23(19,20)18-10-5-3-4-9(16)14(10)17/h3-7,18H,1-2H3. The van der Waals surface area contributed by atoms with Crippen LogP contribution in [0.15, 0.2) is 39.7 Å². The molecule has 0 atom stereocenters. The molecule has 0 spiro atoms. The zero-order valence-corrected chi connectivity index (χ0v) is 15.2. The molecule has 0 amide bonds. The van der Waals surface area contributed by atoms with Gasteiger partial charge in [0.15, 0.2) is 17.3 Å². The van der Waals surface area contributed by atoms with E-state index in [1.165, 1.54) is 44.6 Å². The van der Waals surface area contributed by atoms with Crippen LogP contribution >= 0.6 is 27.5 Å². The van der Waals surface area contributed by atoms with Crippen molar-refractivity contribution in [2.45, 2.75) is 4.90 Å².